The highest BCUT2D eigenvalue weighted by molar-refractivity contribution is 7.89. The maximum Gasteiger partial charge on any atom is 0.329 e. The molecular weight excluding hydrogens is 282 g/mol. The average Bonchev–Trinajstić information content (AvgIpc) is 2.93. The fraction of sp³-hybridized carbons (Fsp3) is 0.167. The van der Waals surface area contributed by atoms with E-state index >= 15 is 0 Å². The molecule has 1 heterocycles. The van der Waals surface area contributed by atoms with Crippen LogP contribution in [0.4, 0.5) is 0 Å². The van der Waals surface area contributed by atoms with Gasteiger partial charge in [-0.05, 0) is 12.5 Å². The topological polar surface area (TPSA) is 112 Å². The minimum atomic E-state index is -4.02. The molecule has 0 amide bonds. The van der Waals surface area contributed by atoms with Gasteiger partial charge in [0.25, 0.3) is 10.0 Å². The van der Waals surface area contributed by atoms with Gasteiger partial charge in [0.2, 0.25) is 0 Å². The highest BCUT2D eigenvalue weighted by atomic mass is 32.2. The molecule has 20 heavy (non-hydrogen) atoms. The summed E-state index contributed by atoms with van der Waals surface area (Å²) >= 11 is 0. The van der Waals surface area contributed by atoms with Gasteiger partial charge in [-0.2, -0.15) is 4.72 Å². The average molecular weight is 295 g/mol. The molecule has 0 spiro atoms. The molecule has 0 bridgehead atoms. The van der Waals surface area contributed by atoms with E-state index in [1.807, 2.05) is 0 Å². The van der Waals surface area contributed by atoms with E-state index in [2.05, 4.69) is 14.7 Å². The summed E-state index contributed by atoms with van der Waals surface area (Å²) in [6.07, 6.45) is 2.31. The van der Waals surface area contributed by atoms with Crippen LogP contribution in [-0.4, -0.2) is 29.5 Å². The van der Waals surface area contributed by atoms with Crippen molar-refractivity contribution in [1.82, 2.24) is 14.7 Å². The molecule has 3 N–H and O–H groups in total. The first-order valence-electron chi connectivity index (χ1n) is 5.67. The van der Waals surface area contributed by atoms with Crippen molar-refractivity contribution in [3.05, 3.63) is 48.4 Å². The number of benzene rings is 1. The van der Waals surface area contributed by atoms with Crippen LogP contribution in [0.2, 0.25) is 0 Å². The molecule has 1 aromatic heterocycles. The number of aromatic nitrogens is 2. The molecule has 7 nitrogen and oxygen atoms in total. The number of H-pyrrole nitrogens is 1. The molecule has 1 aromatic carbocycles. The summed E-state index contributed by atoms with van der Waals surface area (Å²) in [5.74, 6) is -1.30. The molecule has 1 atom stereocenters. The van der Waals surface area contributed by atoms with Gasteiger partial charge in [-0.25, -0.2) is 18.2 Å². The summed E-state index contributed by atoms with van der Waals surface area (Å²) in [7, 11) is -4.02. The highest BCUT2D eigenvalue weighted by Crippen LogP contribution is 2.23. The smallest absolute Gasteiger partial charge is 0.329 e. The van der Waals surface area contributed by atoms with Gasteiger partial charge in [-0.3, -0.25) is 0 Å². The fourth-order valence-electron chi connectivity index (χ4n) is 1.71. The van der Waals surface area contributed by atoms with Gasteiger partial charge in [-0.15, -0.1) is 0 Å². The van der Waals surface area contributed by atoms with Crippen LogP contribution in [0.1, 0.15) is 12.5 Å². The SMILES string of the molecule is CC(NS(=O)(=O)c1cnc[nH]1)(C(=O)O)c1ccccc1. The van der Waals surface area contributed by atoms with Crippen LogP contribution in [0.15, 0.2) is 47.9 Å². The minimum absolute atomic E-state index is 0.194. The molecule has 0 fully saturated rings. The number of carbonyl (C=O) groups is 1. The Morgan fingerprint density at radius 3 is 2.50 bits per heavy atom. The van der Waals surface area contributed by atoms with Crippen molar-refractivity contribution in [3.8, 4) is 0 Å². The van der Waals surface area contributed by atoms with Crippen LogP contribution < -0.4 is 4.72 Å². The number of imidazole rings is 1. The Hall–Kier alpha value is -2.19. The van der Waals surface area contributed by atoms with Crippen LogP contribution in [0.25, 0.3) is 0 Å². The second-order valence-electron chi connectivity index (χ2n) is 4.32. The maximum atomic E-state index is 12.1. The molecule has 0 aliphatic carbocycles. The van der Waals surface area contributed by atoms with E-state index in [4.69, 9.17) is 0 Å². The summed E-state index contributed by atoms with van der Waals surface area (Å²) in [4.78, 5) is 17.6. The summed E-state index contributed by atoms with van der Waals surface area (Å²) in [6, 6.07) is 8.09. The Morgan fingerprint density at radius 1 is 1.35 bits per heavy atom. The summed E-state index contributed by atoms with van der Waals surface area (Å²) in [5, 5.41) is 9.20. The number of aromatic amines is 1. The van der Waals surface area contributed by atoms with Gasteiger partial charge in [0.15, 0.2) is 10.6 Å². The molecule has 0 aliphatic heterocycles. The van der Waals surface area contributed by atoms with Crippen molar-refractivity contribution in [3.63, 3.8) is 0 Å². The second-order valence-corrected chi connectivity index (χ2v) is 5.97. The van der Waals surface area contributed by atoms with E-state index in [0.29, 0.717) is 5.56 Å². The minimum Gasteiger partial charge on any atom is -0.480 e. The third kappa shape index (κ3) is 2.56. The maximum absolute atomic E-state index is 12.1. The zero-order valence-electron chi connectivity index (χ0n) is 10.6. The summed E-state index contributed by atoms with van der Waals surface area (Å²) in [6.45, 7) is 1.29. The number of carboxylic acids is 1. The summed E-state index contributed by atoms with van der Waals surface area (Å²) in [5.41, 5.74) is -1.44. The first-order valence-corrected chi connectivity index (χ1v) is 7.16. The standard InChI is InChI=1S/C12H13N3O4S/c1-12(11(16)17,9-5-3-2-4-6-9)15-20(18,19)10-7-13-8-14-10/h2-8,15H,1H3,(H,13,14)(H,16,17). The first-order chi connectivity index (χ1) is 9.36. The lowest BCUT2D eigenvalue weighted by Crippen LogP contribution is -2.49. The number of rotatable bonds is 5. The van der Waals surface area contributed by atoms with E-state index in [1.165, 1.54) is 13.3 Å². The zero-order valence-corrected chi connectivity index (χ0v) is 11.4. The van der Waals surface area contributed by atoms with Gasteiger partial charge >= 0.3 is 5.97 Å². The monoisotopic (exact) mass is 295 g/mol. The third-order valence-electron chi connectivity index (χ3n) is 2.88. The highest BCUT2D eigenvalue weighted by Gasteiger charge is 2.40. The predicted octanol–water partition coefficient (Wildman–Crippen LogP) is 0.688. The molecule has 2 aromatic rings. The van der Waals surface area contributed by atoms with Gasteiger partial charge in [0.1, 0.15) is 0 Å². The number of carboxylic acid groups (broad SMARTS) is 1. The number of nitrogens with one attached hydrogen (secondary N) is 2. The molecule has 0 radical (unpaired) electrons. The number of aliphatic carboxylic acids is 1. The molecule has 2 rings (SSSR count). The lowest BCUT2D eigenvalue weighted by Gasteiger charge is -2.26. The van der Waals surface area contributed by atoms with Crippen molar-refractivity contribution < 1.29 is 18.3 Å². The quantitative estimate of drug-likeness (QED) is 0.751. The van der Waals surface area contributed by atoms with Crippen LogP contribution in [0.5, 0.6) is 0 Å². The van der Waals surface area contributed by atoms with E-state index < -0.39 is 21.5 Å². The lowest BCUT2D eigenvalue weighted by atomic mass is 9.94. The molecule has 0 saturated carbocycles. The Balaban J connectivity index is 2.44. The van der Waals surface area contributed by atoms with Crippen molar-refractivity contribution in [2.24, 2.45) is 0 Å². The summed E-state index contributed by atoms with van der Waals surface area (Å²) < 4.78 is 26.5. The first kappa shape index (κ1) is 14.2. The molecular formula is C12H13N3O4S. The molecule has 8 heteroatoms. The number of sulfonamides is 1. The Kier molecular flexibility index (Phi) is 3.60. The lowest BCUT2D eigenvalue weighted by molar-refractivity contribution is -0.143. The molecule has 1 unspecified atom stereocenters. The number of hydrogen-bond acceptors (Lipinski definition) is 4. The van der Waals surface area contributed by atoms with Crippen LogP contribution in [0.3, 0.4) is 0 Å². The van der Waals surface area contributed by atoms with Crippen LogP contribution in [0, 0.1) is 0 Å². The molecule has 0 saturated heterocycles. The van der Waals surface area contributed by atoms with Crippen molar-refractivity contribution in [2.45, 2.75) is 17.5 Å². The van der Waals surface area contributed by atoms with E-state index in [1.54, 1.807) is 30.3 Å². The van der Waals surface area contributed by atoms with Gasteiger partial charge in [-0.1, -0.05) is 30.3 Å². The Morgan fingerprint density at radius 2 is 2.00 bits per heavy atom. The predicted molar refractivity (Wildman–Crippen MR) is 70.3 cm³/mol. The molecule has 106 valence electrons. The number of nitrogens with zero attached hydrogens (tertiary/aromatic N) is 1. The van der Waals surface area contributed by atoms with E-state index in [9.17, 15) is 18.3 Å². The molecule has 0 aliphatic rings. The fourth-order valence-corrected chi connectivity index (χ4v) is 2.97. The van der Waals surface area contributed by atoms with Crippen molar-refractivity contribution in [2.75, 3.05) is 0 Å². The Labute approximate surface area is 115 Å². The largest absolute Gasteiger partial charge is 0.480 e. The van der Waals surface area contributed by atoms with Crippen molar-refractivity contribution in [1.29, 1.82) is 0 Å². The van der Waals surface area contributed by atoms with Gasteiger partial charge in [0.05, 0.1) is 12.5 Å². The normalized spacial score (nSPS) is 14.7. The van der Waals surface area contributed by atoms with E-state index in [0.717, 1.165) is 6.20 Å². The second kappa shape index (κ2) is 5.06. The Bertz CT molecular complexity index is 698. The number of hydrogen-bond donors (Lipinski definition) is 3. The van der Waals surface area contributed by atoms with Crippen molar-refractivity contribution >= 4 is 16.0 Å². The van der Waals surface area contributed by atoms with Gasteiger partial charge in [0, 0.05) is 0 Å². The zero-order chi connectivity index (χ0) is 14.8. The van der Waals surface area contributed by atoms with E-state index in [-0.39, 0.29) is 5.03 Å². The van der Waals surface area contributed by atoms with Crippen LogP contribution in [-0.2, 0) is 20.4 Å². The third-order valence-corrected chi connectivity index (χ3v) is 4.36. The van der Waals surface area contributed by atoms with Gasteiger partial charge < -0.3 is 10.1 Å². The van der Waals surface area contributed by atoms with Crippen LogP contribution >= 0.6 is 0 Å².